The second-order valence-electron chi connectivity index (χ2n) is 4.39. The van der Waals surface area contributed by atoms with Crippen LogP contribution in [-0.4, -0.2) is 18.4 Å². The number of halogens is 1. The van der Waals surface area contributed by atoms with Crippen molar-refractivity contribution in [3.63, 3.8) is 0 Å². The monoisotopic (exact) mass is 362 g/mol. The Balaban J connectivity index is 2.20. The van der Waals surface area contributed by atoms with Crippen molar-refractivity contribution >= 4 is 33.8 Å². The van der Waals surface area contributed by atoms with Gasteiger partial charge in [-0.25, -0.2) is 0 Å². The van der Waals surface area contributed by atoms with E-state index in [1.807, 2.05) is 0 Å². The van der Waals surface area contributed by atoms with Gasteiger partial charge in [-0.05, 0) is 43.3 Å². The van der Waals surface area contributed by atoms with Gasteiger partial charge in [0.1, 0.15) is 11.5 Å². The SMILES string of the molecule is CCNC(=O)/C(=C\c1ccco1)NC(=O)c1ccc(Br)cc1. The van der Waals surface area contributed by atoms with Gasteiger partial charge < -0.3 is 15.1 Å². The summed E-state index contributed by atoms with van der Waals surface area (Å²) in [5.74, 6) is -0.252. The molecule has 22 heavy (non-hydrogen) atoms. The highest BCUT2D eigenvalue weighted by Gasteiger charge is 2.14. The van der Waals surface area contributed by atoms with Crippen molar-refractivity contribution in [2.45, 2.75) is 6.92 Å². The van der Waals surface area contributed by atoms with E-state index in [1.54, 1.807) is 43.3 Å². The van der Waals surface area contributed by atoms with E-state index in [0.717, 1.165) is 4.47 Å². The predicted molar refractivity (Wildman–Crippen MR) is 87.0 cm³/mol. The average molecular weight is 363 g/mol. The van der Waals surface area contributed by atoms with E-state index in [9.17, 15) is 9.59 Å². The van der Waals surface area contributed by atoms with Gasteiger partial charge in [0.05, 0.1) is 6.26 Å². The molecule has 2 aromatic rings. The lowest BCUT2D eigenvalue weighted by atomic mass is 10.2. The second-order valence-corrected chi connectivity index (χ2v) is 5.31. The first-order valence-corrected chi connectivity index (χ1v) is 7.49. The van der Waals surface area contributed by atoms with Crippen molar-refractivity contribution < 1.29 is 14.0 Å². The van der Waals surface area contributed by atoms with Crippen molar-refractivity contribution in [3.8, 4) is 0 Å². The highest BCUT2D eigenvalue weighted by Crippen LogP contribution is 2.11. The van der Waals surface area contributed by atoms with Crippen LogP contribution in [0.5, 0.6) is 0 Å². The molecule has 6 heteroatoms. The van der Waals surface area contributed by atoms with Crippen molar-refractivity contribution in [1.29, 1.82) is 0 Å². The number of rotatable bonds is 5. The first-order chi connectivity index (χ1) is 10.6. The molecule has 1 aromatic carbocycles. The molecule has 0 aliphatic carbocycles. The lowest BCUT2D eigenvalue weighted by Crippen LogP contribution is -2.34. The predicted octanol–water partition coefficient (Wildman–Crippen LogP) is 2.95. The van der Waals surface area contributed by atoms with Crippen molar-refractivity contribution in [2.75, 3.05) is 6.54 Å². The number of hydrogen-bond donors (Lipinski definition) is 2. The molecule has 0 fully saturated rings. The number of carbonyl (C=O) groups is 2. The number of carbonyl (C=O) groups excluding carboxylic acids is 2. The summed E-state index contributed by atoms with van der Waals surface area (Å²) >= 11 is 3.31. The summed E-state index contributed by atoms with van der Waals surface area (Å²) in [6, 6.07) is 10.3. The number of amides is 2. The standard InChI is InChI=1S/C16H15BrN2O3/c1-2-18-16(21)14(10-13-4-3-9-22-13)19-15(20)11-5-7-12(17)8-6-11/h3-10H,2H2,1H3,(H,18,21)(H,19,20)/b14-10+. The molecule has 0 radical (unpaired) electrons. The molecule has 0 spiro atoms. The van der Waals surface area contributed by atoms with Crippen molar-refractivity contribution in [3.05, 3.63) is 64.2 Å². The Bertz CT molecular complexity index is 676. The van der Waals surface area contributed by atoms with Crippen LogP contribution in [0.4, 0.5) is 0 Å². The molecule has 0 aliphatic rings. The van der Waals surface area contributed by atoms with Gasteiger partial charge in [0, 0.05) is 22.7 Å². The van der Waals surface area contributed by atoms with E-state index < -0.39 is 0 Å². The van der Waals surface area contributed by atoms with Gasteiger partial charge in [-0.3, -0.25) is 9.59 Å². The zero-order valence-corrected chi connectivity index (χ0v) is 13.5. The van der Waals surface area contributed by atoms with Gasteiger partial charge in [-0.1, -0.05) is 15.9 Å². The first-order valence-electron chi connectivity index (χ1n) is 6.70. The molecular weight excluding hydrogens is 348 g/mol. The van der Waals surface area contributed by atoms with Crippen LogP contribution in [0.25, 0.3) is 6.08 Å². The normalized spacial score (nSPS) is 11.1. The van der Waals surface area contributed by atoms with Crippen LogP contribution in [0, 0.1) is 0 Å². The fourth-order valence-corrected chi connectivity index (χ4v) is 1.99. The summed E-state index contributed by atoms with van der Waals surface area (Å²) in [5.41, 5.74) is 0.586. The van der Waals surface area contributed by atoms with Gasteiger partial charge in [-0.15, -0.1) is 0 Å². The summed E-state index contributed by atoms with van der Waals surface area (Å²) in [6.07, 6.45) is 2.99. The maximum atomic E-state index is 12.2. The van der Waals surface area contributed by atoms with Crippen LogP contribution in [0.1, 0.15) is 23.0 Å². The summed E-state index contributed by atoms with van der Waals surface area (Å²) in [7, 11) is 0. The van der Waals surface area contributed by atoms with Gasteiger partial charge in [0.25, 0.3) is 11.8 Å². The van der Waals surface area contributed by atoms with Crippen LogP contribution < -0.4 is 10.6 Å². The molecular formula is C16H15BrN2O3. The molecule has 1 aromatic heterocycles. The molecule has 114 valence electrons. The van der Waals surface area contributed by atoms with Crippen LogP contribution in [0.3, 0.4) is 0 Å². The minimum Gasteiger partial charge on any atom is -0.465 e. The van der Waals surface area contributed by atoms with E-state index in [4.69, 9.17) is 4.42 Å². The highest BCUT2D eigenvalue weighted by molar-refractivity contribution is 9.10. The smallest absolute Gasteiger partial charge is 0.267 e. The molecule has 5 nitrogen and oxygen atoms in total. The maximum absolute atomic E-state index is 12.2. The Labute approximate surface area is 136 Å². The fourth-order valence-electron chi connectivity index (χ4n) is 1.73. The highest BCUT2D eigenvalue weighted by atomic mass is 79.9. The fraction of sp³-hybridized carbons (Fsp3) is 0.125. The van der Waals surface area contributed by atoms with Crippen LogP contribution in [0.2, 0.25) is 0 Å². The van der Waals surface area contributed by atoms with Gasteiger partial charge in [0.15, 0.2) is 0 Å². The van der Waals surface area contributed by atoms with Gasteiger partial charge >= 0.3 is 0 Å². The molecule has 0 saturated carbocycles. The molecule has 2 rings (SSSR count). The maximum Gasteiger partial charge on any atom is 0.267 e. The topological polar surface area (TPSA) is 71.3 Å². The van der Waals surface area contributed by atoms with E-state index in [1.165, 1.54) is 12.3 Å². The van der Waals surface area contributed by atoms with Crippen LogP contribution in [-0.2, 0) is 4.79 Å². The molecule has 0 aliphatic heterocycles. The van der Waals surface area contributed by atoms with Crippen LogP contribution >= 0.6 is 15.9 Å². The summed E-state index contributed by atoms with van der Waals surface area (Å²) in [6.45, 7) is 2.27. The molecule has 1 heterocycles. The van der Waals surface area contributed by atoms with Crippen molar-refractivity contribution in [1.82, 2.24) is 10.6 Å². The number of nitrogens with one attached hydrogen (secondary N) is 2. The largest absolute Gasteiger partial charge is 0.465 e. The minimum absolute atomic E-state index is 0.129. The lowest BCUT2D eigenvalue weighted by molar-refractivity contribution is -0.117. The van der Waals surface area contributed by atoms with Crippen molar-refractivity contribution in [2.24, 2.45) is 0 Å². The quantitative estimate of drug-likeness (QED) is 0.803. The second kappa shape index (κ2) is 7.61. The third-order valence-electron chi connectivity index (χ3n) is 2.77. The third kappa shape index (κ3) is 4.33. The Hall–Kier alpha value is -2.34. The molecule has 0 atom stereocenters. The average Bonchev–Trinajstić information content (AvgIpc) is 3.00. The van der Waals surface area contributed by atoms with E-state index >= 15 is 0 Å². The number of benzene rings is 1. The number of hydrogen-bond acceptors (Lipinski definition) is 3. The first kappa shape index (κ1) is 16.0. The van der Waals surface area contributed by atoms with E-state index in [2.05, 4.69) is 26.6 Å². The van der Waals surface area contributed by atoms with Gasteiger partial charge in [0.2, 0.25) is 0 Å². The summed E-state index contributed by atoms with van der Waals surface area (Å²) < 4.78 is 6.06. The Morgan fingerprint density at radius 1 is 1.23 bits per heavy atom. The third-order valence-corrected chi connectivity index (χ3v) is 3.30. The molecule has 0 bridgehead atoms. The molecule has 0 unspecified atom stereocenters. The zero-order chi connectivity index (χ0) is 15.9. The van der Waals surface area contributed by atoms with Crippen LogP contribution in [0.15, 0.2) is 57.2 Å². The molecule has 0 saturated heterocycles. The van der Waals surface area contributed by atoms with Gasteiger partial charge in [-0.2, -0.15) is 0 Å². The Kier molecular flexibility index (Phi) is 5.55. The Morgan fingerprint density at radius 3 is 2.55 bits per heavy atom. The molecule has 2 amide bonds. The van der Waals surface area contributed by atoms with E-state index in [-0.39, 0.29) is 17.5 Å². The zero-order valence-electron chi connectivity index (χ0n) is 11.9. The summed E-state index contributed by atoms with van der Waals surface area (Å²) in [4.78, 5) is 24.3. The minimum atomic E-state index is -0.371. The number of likely N-dealkylation sites (N-methyl/N-ethyl adjacent to an activating group) is 1. The molecule has 2 N–H and O–H groups in total. The Morgan fingerprint density at radius 2 is 1.95 bits per heavy atom. The lowest BCUT2D eigenvalue weighted by Gasteiger charge is -2.09. The van der Waals surface area contributed by atoms with E-state index in [0.29, 0.717) is 17.9 Å². The summed E-state index contributed by atoms with van der Waals surface area (Å²) in [5, 5.41) is 5.26. The number of furan rings is 1.